The zero-order valence-corrected chi connectivity index (χ0v) is 15.6. The Morgan fingerprint density at radius 3 is 2.57 bits per heavy atom. The van der Waals surface area contributed by atoms with E-state index in [2.05, 4.69) is 29.8 Å². The number of aliphatic hydroxyl groups excluding tert-OH is 2. The normalized spacial score (nSPS) is 55.7. The average Bonchev–Trinajstić information content (AvgIpc) is 2.73. The largest absolute Gasteiger partial charge is 0.393 e. The van der Waals surface area contributed by atoms with Gasteiger partial charge in [-0.25, -0.2) is 0 Å². The van der Waals surface area contributed by atoms with Gasteiger partial charge >= 0.3 is 0 Å². The molecule has 0 saturated heterocycles. The van der Waals surface area contributed by atoms with Crippen molar-refractivity contribution in [3.8, 4) is 0 Å². The summed E-state index contributed by atoms with van der Waals surface area (Å²) in [5, 5.41) is 20.9. The standard InChI is InChI=1S/C19H27BrO3/c1-18-5-3-11(21)7-10(18)8-15(22)16-12(18)4-6-19(2)13(16)9-14(20)17(19)23/h8,11-16,21-22H,3-7,9H2,1-2H3/t11-,12-,13-,14+,15+,16+,18-,19-/m0/s1. The first kappa shape index (κ1) is 16.3. The predicted molar refractivity (Wildman–Crippen MR) is 92.2 cm³/mol. The molecule has 4 rings (SSSR count). The monoisotopic (exact) mass is 382 g/mol. The van der Waals surface area contributed by atoms with E-state index in [0.717, 1.165) is 32.1 Å². The Hall–Kier alpha value is -0.190. The van der Waals surface area contributed by atoms with E-state index in [9.17, 15) is 15.0 Å². The van der Waals surface area contributed by atoms with Crippen molar-refractivity contribution >= 4 is 21.7 Å². The third kappa shape index (κ3) is 2.10. The summed E-state index contributed by atoms with van der Waals surface area (Å²) in [6, 6.07) is 0. The molecule has 3 fully saturated rings. The first-order valence-electron chi connectivity index (χ1n) is 9.03. The van der Waals surface area contributed by atoms with Gasteiger partial charge in [0.25, 0.3) is 0 Å². The second kappa shape index (κ2) is 5.15. The molecule has 0 spiro atoms. The number of carbonyl (C=O) groups is 1. The van der Waals surface area contributed by atoms with Crippen molar-refractivity contribution in [2.24, 2.45) is 28.6 Å². The van der Waals surface area contributed by atoms with E-state index in [1.807, 2.05) is 6.08 Å². The Labute approximate surface area is 146 Å². The van der Waals surface area contributed by atoms with Gasteiger partial charge in [0.05, 0.1) is 17.0 Å². The summed E-state index contributed by atoms with van der Waals surface area (Å²) in [5.74, 6) is 1.24. The number of hydrogen-bond donors (Lipinski definition) is 2. The van der Waals surface area contributed by atoms with Gasteiger partial charge in [0.15, 0.2) is 5.78 Å². The first-order valence-corrected chi connectivity index (χ1v) is 9.94. The maximum Gasteiger partial charge on any atom is 0.152 e. The molecular weight excluding hydrogens is 356 g/mol. The fourth-order valence-electron chi connectivity index (χ4n) is 6.38. The van der Waals surface area contributed by atoms with Crippen LogP contribution in [0.3, 0.4) is 0 Å². The van der Waals surface area contributed by atoms with E-state index in [1.54, 1.807) is 0 Å². The van der Waals surface area contributed by atoms with Crippen molar-refractivity contribution < 1.29 is 15.0 Å². The summed E-state index contributed by atoms with van der Waals surface area (Å²) in [6.07, 6.45) is 6.69. The van der Waals surface area contributed by atoms with Gasteiger partial charge in [-0.1, -0.05) is 41.4 Å². The second-order valence-electron chi connectivity index (χ2n) is 8.81. The third-order valence-electron chi connectivity index (χ3n) is 7.80. The van der Waals surface area contributed by atoms with Crippen LogP contribution in [0.2, 0.25) is 0 Å². The lowest BCUT2D eigenvalue weighted by Gasteiger charge is -2.57. The van der Waals surface area contributed by atoms with Gasteiger partial charge in [-0.15, -0.1) is 0 Å². The van der Waals surface area contributed by atoms with Crippen LogP contribution >= 0.6 is 15.9 Å². The molecule has 0 heterocycles. The fourth-order valence-corrected chi connectivity index (χ4v) is 7.31. The molecule has 0 aromatic heterocycles. The van der Waals surface area contributed by atoms with Crippen molar-refractivity contribution in [2.75, 3.05) is 0 Å². The molecule has 0 unspecified atom stereocenters. The van der Waals surface area contributed by atoms with Crippen molar-refractivity contribution in [2.45, 2.75) is 69.4 Å². The van der Waals surface area contributed by atoms with Crippen LogP contribution in [0.1, 0.15) is 52.4 Å². The van der Waals surface area contributed by atoms with E-state index in [4.69, 9.17) is 0 Å². The molecule has 3 saturated carbocycles. The molecule has 3 nitrogen and oxygen atoms in total. The van der Waals surface area contributed by atoms with Crippen molar-refractivity contribution in [3.05, 3.63) is 11.6 Å². The molecule has 2 N–H and O–H groups in total. The highest BCUT2D eigenvalue weighted by molar-refractivity contribution is 9.10. The molecular formula is C19H27BrO3. The lowest BCUT2D eigenvalue weighted by Crippen LogP contribution is -2.54. The molecule has 4 aliphatic rings. The van der Waals surface area contributed by atoms with Crippen LogP contribution in [-0.2, 0) is 4.79 Å². The lowest BCUT2D eigenvalue weighted by molar-refractivity contribution is -0.135. The summed E-state index contributed by atoms with van der Waals surface area (Å²) in [6.45, 7) is 4.45. The van der Waals surface area contributed by atoms with Gasteiger partial charge in [-0.3, -0.25) is 4.79 Å². The van der Waals surface area contributed by atoms with Crippen LogP contribution in [0.25, 0.3) is 0 Å². The zero-order valence-electron chi connectivity index (χ0n) is 14.0. The van der Waals surface area contributed by atoms with Gasteiger partial charge in [0.2, 0.25) is 0 Å². The molecule has 128 valence electrons. The van der Waals surface area contributed by atoms with E-state index < -0.39 is 6.10 Å². The Morgan fingerprint density at radius 1 is 1.13 bits per heavy atom. The highest BCUT2D eigenvalue weighted by atomic mass is 79.9. The van der Waals surface area contributed by atoms with Crippen molar-refractivity contribution in [3.63, 3.8) is 0 Å². The average molecular weight is 383 g/mol. The SMILES string of the molecule is C[C@]12CC[C@H](O)CC1=C[C@@H](O)[C@@H]1[C@@H]2CC[C@]2(C)C(=O)[C@H](Br)C[C@@H]12. The molecule has 23 heavy (non-hydrogen) atoms. The number of alkyl halides is 1. The number of ketones is 1. The summed E-state index contributed by atoms with van der Waals surface area (Å²) < 4.78 is 0. The number of rotatable bonds is 0. The summed E-state index contributed by atoms with van der Waals surface area (Å²) in [4.78, 5) is 12.6. The van der Waals surface area contributed by atoms with Gasteiger partial charge in [-0.05, 0) is 61.7 Å². The maximum absolute atomic E-state index is 12.7. The summed E-state index contributed by atoms with van der Waals surface area (Å²) in [7, 11) is 0. The number of carbonyl (C=O) groups excluding carboxylic acids is 1. The summed E-state index contributed by atoms with van der Waals surface area (Å²) in [5.41, 5.74) is 1.08. The number of hydrogen-bond acceptors (Lipinski definition) is 3. The quantitative estimate of drug-likeness (QED) is 0.499. The van der Waals surface area contributed by atoms with Crippen LogP contribution in [0.5, 0.6) is 0 Å². The summed E-state index contributed by atoms with van der Waals surface area (Å²) >= 11 is 3.58. The van der Waals surface area contributed by atoms with Crippen LogP contribution in [-0.4, -0.2) is 33.0 Å². The van der Waals surface area contributed by atoms with E-state index in [-0.39, 0.29) is 33.6 Å². The molecule has 8 atom stereocenters. The molecule has 0 amide bonds. The van der Waals surface area contributed by atoms with Gasteiger partial charge in [0.1, 0.15) is 0 Å². The van der Waals surface area contributed by atoms with Gasteiger partial charge in [-0.2, -0.15) is 0 Å². The number of Topliss-reactive ketones (excluding diaryl/α,β-unsaturated/α-hetero) is 1. The second-order valence-corrected chi connectivity index (χ2v) is 9.92. The zero-order chi connectivity index (χ0) is 16.6. The Kier molecular flexibility index (Phi) is 3.65. The Bertz CT molecular complexity index is 573. The molecule has 0 bridgehead atoms. The topological polar surface area (TPSA) is 57.5 Å². The van der Waals surface area contributed by atoms with Crippen LogP contribution < -0.4 is 0 Å². The molecule has 0 aromatic carbocycles. The Balaban J connectivity index is 1.75. The molecule has 4 heteroatoms. The maximum atomic E-state index is 12.7. The molecule has 0 radical (unpaired) electrons. The van der Waals surface area contributed by atoms with Gasteiger partial charge < -0.3 is 10.2 Å². The molecule has 0 aliphatic heterocycles. The minimum absolute atomic E-state index is 0.0465. The Morgan fingerprint density at radius 2 is 1.83 bits per heavy atom. The van der Waals surface area contributed by atoms with Gasteiger partial charge in [0, 0.05) is 5.41 Å². The lowest BCUT2D eigenvalue weighted by atomic mass is 9.47. The smallest absolute Gasteiger partial charge is 0.152 e. The van der Waals surface area contributed by atoms with Crippen LogP contribution in [0.15, 0.2) is 11.6 Å². The van der Waals surface area contributed by atoms with Crippen molar-refractivity contribution in [1.82, 2.24) is 0 Å². The minimum Gasteiger partial charge on any atom is -0.393 e. The van der Waals surface area contributed by atoms with E-state index in [0.29, 0.717) is 18.1 Å². The molecule has 0 aromatic rings. The minimum atomic E-state index is -0.469. The number of fused-ring (bicyclic) bond motifs is 5. The first-order chi connectivity index (χ1) is 10.8. The molecule has 4 aliphatic carbocycles. The van der Waals surface area contributed by atoms with Crippen molar-refractivity contribution in [1.29, 1.82) is 0 Å². The van der Waals surface area contributed by atoms with Crippen LogP contribution in [0.4, 0.5) is 0 Å². The number of halogens is 1. The third-order valence-corrected chi connectivity index (χ3v) is 8.59. The predicted octanol–water partition coefficient (Wildman–Crippen LogP) is 3.22. The highest BCUT2D eigenvalue weighted by Gasteiger charge is 2.62. The van der Waals surface area contributed by atoms with Crippen LogP contribution in [0, 0.1) is 28.6 Å². The highest BCUT2D eigenvalue weighted by Crippen LogP contribution is 2.64. The fraction of sp³-hybridized carbons (Fsp3) is 0.842. The van der Waals surface area contributed by atoms with E-state index >= 15 is 0 Å². The number of aliphatic hydroxyl groups is 2. The van der Waals surface area contributed by atoms with E-state index in [1.165, 1.54) is 5.57 Å².